The summed E-state index contributed by atoms with van der Waals surface area (Å²) in [5.74, 6) is -0.761. The summed E-state index contributed by atoms with van der Waals surface area (Å²) in [6, 6.07) is 10.1. The summed E-state index contributed by atoms with van der Waals surface area (Å²) in [5.41, 5.74) is 0.855. The molecule has 146 valence electrons. The van der Waals surface area contributed by atoms with E-state index in [1.165, 1.54) is 17.0 Å². The second-order valence-electron chi connectivity index (χ2n) is 5.88. The number of nitrogens with two attached hydrogens (primary N) is 1. The van der Waals surface area contributed by atoms with Crippen LogP contribution in [0.5, 0.6) is 0 Å². The van der Waals surface area contributed by atoms with E-state index in [0.717, 1.165) is 12.0 Å². The average molecular weight is 411 g/mol. The van der Waals surface area contributed by atoms with Gasteiger partial charge in [0.05, 0.1) is 4.90 Å². The predicted molar refractivity (Wildman–Crippen MR) is 103 cm³/mol. The Labute approximate surface area is 162 Å². The average Bonchev–Trinajstić information content (AvgIpc) is 3.13. The van der Waals surface area contributed by atoms with Crippen LogP contribution in [0.1, 0.15) is 23.3 Å². The summed E-state index contributed by atoms with van der Waals surface area (Å²) in [7, 11) is -3.71. The van der Waals surface area contributed by atoms with Gasteiger partial charge in [0.15, 0.2) is 6.61 Å². The SMILES string of the molecule is NS(=O)(=O)c1ccc(CCNC(=O)COC(=O)CCCc2cccs2)cc1. The summed E-state index contributed by atoms with van der Waals surface area (Å²) in [6.45, 7) is 0.0473. The highest BCUT2D eigenvalue weighted by molar-refractivity contribution is 7.89. The molecule has 0 atom stereocenters. The molecule has 0 aliphatic rings. The van der Waals surface area contributed by atoms with Crippen LogP contribution in [0, 0.1) is 0 Å². The Morgan fingerprint density at radius 2 is 1.85 bits per heavy atom. The number of carbonyl (C=O) groups excluding carboxylic acids is 2. The van der Waals surface area contributed by atoms with Gasteiger partial charge < -0.3 is 10.1 Å². The van der Waals surface area contributed by atoms with Gasteiger partial charge in [-0.2, -0.15) is 0 Å². The second-order valence-corrected chi connectivity index (χ2v) is 8.48. The predicted octanol–water partition coefficient (Wildman–Crippen LogP) is 1.62. The number of thiophene rings is 1. The zero-order valence-corrected chi connectivity index (χ0v) is 16.4. The molecule has 0 saturated carbocycles. The number of carbonyl (C=O) groups is 2. The Morgan fingerprint density at radius 3 is 2.48 bits per heavy atom. The van der Waals surface area contributed by atoms with Crippen molar-refractivity contribution in [1.29, 1.82) is 0 Å². The van der Waals surface area contributed by atoms with Gasteiger partial charge in [-0.15, -0.1) is 11.3 Å². The molecule has 0 fully saturated rings. The minimum absolute atomic E-state index is 0.0428. The smallest absolute Gasteiger partial charge is 0.306 e. The summed E-state index contributed by atoms with van der Waals surface area (Å²) in [4.78, 5) is 24.6. The molecule has 0 aliphatic heterocycles. The first kappa shape index (κ1) is 21.1. The van der Waals surface area contributed by atoms with Crippen molar-refractivity contribution >= 4 is 33.2 Å². The molecule has 1 aromatic heterocycles. The van der Waals surface area contributed by atoms with Crippen molar-refractivity contribution in [3.63, 3.8) is 0 Å². The molecule has 1 amide bonds. The standard InChI is InChI=1S/C18H22N2O5S2/c19-27(23,24)16-8-6-14(7-9-16)10-11-20-17(21)13-25-18(22)5-1-3-15-4-2-12-26-15/h2,4,6-9,12H,1,3,5,10-11,13H2,(H,20,21)(H2,19,23,24). The normalized spacial score (nSPS) is 11.1. The van der Waals surface area contributed by atoms with E-state index in [-0.39, 0.29) is 29.8 Å². The van der Waals surface area contributed by atoms with Crippen molar-refractivity contribution in [3.8, 4) is 0 Å². The van der Waals surface area contributed by atoms with Gasteiger partial charge >= 0.3 is 5.97 Å². The molecule has 0 spiro atoms. The van der Waals surface area contributed by atoms with Crippen molar-refractivity contribution in [3.05, 3.63) is 52.2 Å². The highest BCUT2D eigenvalue weighted by Crippen LogP contribution is 2.12. The van der Waals surface area contributed by atoms with E-state index >= 15 is 0 Å². The number of aryl methyl sites for hydroxylation is 1. The van der Waals surface area contributed by atoms with Gasteiger partial charge in [0.2, 0.25) is 10.0 Å². The van der Waals surface area contributed by atoms with E-state index in [1.54, 1.807) is 23.5 Å². The van der Waals surface area contributed by atoms with Crippen LogP contribution in [0.25, 0.3) is 0 Å². The lowest BCUT2D eigenvalue weighted by atomic mass is 10.1. The Hall–Kier alpha value is -2.23. The highest BCUT2D eigenvalue weighted by atomic mass is 32.2. The molecule has 2 rings (SSSR count). The van der Waals surface area contributed by atoms with Crippen molar-refractivity contribution in [2.75, 3.05) is 13.2 Å². The van der Waals surface area contributed by atoms with Crippen LogP contribution in [0.4, 0.5) is 0 Å². The third kappa shape index (κ3) is 7.90. The van der Waals surface area contributed by atoms with Gasteiger partial charge in [0.25, 0.3) is 5.91 Å². The minimum atomic E-state index is -3.71. The maximum absolute atomic E-state index is 11.7. The van der Waals surface area contributed by atoms with Crippen molar-refractivity contribution in [2.45, 2.75) is 30.6 Å². The lowest BCUT2D eigenvalue weighted by Gasteiger charge is -2.07. The van der Waals surface area contributed by atoms with Gasteiger partial charge in [0, 0.05) is 17.8 Å². The summed E-state index contributed by atoms with van der Waals surface area (Å²) >= 11 is 1.65. The quantitative estimate of drug-likeness (QED) is 0.578. The van der Waals surface area contributed by atoms with Gasteiger partial charge in [-0.1, -0.05) is 18.2 Å². The molecule has 0 aliphatic carbocycles. The first-order valence-electron chi connectivity index (χ1n) is 8.41. The number of amides is 1. The zero-order chi connectivity index (χ0) is 19.7. The molecule has 0 saturated heterocycles. The number of hydrogen-bond donors (Lipinski definition) is 2. The zero-order valence-electron chi connectivity index (χ0n) is 14.7. The molecule has 27 heavy (non-hydrogen) atoms. The third-order valence-corrected chi connectivity index (χ3v) is 5.60. The largest absolute Gasteiger partial charge is 0.456 e. The van der Waals surface area contributed by atoms with Crippen LogP contribution < -0.4 is 10.5 Å². The number of hydrogen-bond acceptors (Lipinski definition) is 6. The lowest BCUT2D eigenvalue weighted by Crippen LogP contribution is -2.30. The monoisotopic (exact) mass is 410 g/mol. The maximum atomic E-state index is 11.7. The Kier molecular flexibility index (Phi) is 7.96. The van der Waals surface area contributed by atoms with Gasteiger partial charge in [-0.05, 0) is 48.4 Å². The van der Waals surface area contributed by atoms with Crippen molar-refractivity contribution in [1.82, 2.24) is 5.32 Å². The van der Waals surface area contributed by atoms with Crippen LogP contribution in [0.2, 0.25) is 0 Å². The van der Waals surface area contributed by atoms with Gasteiger partial charge in [0.1, 0.15) is 0 Å². The van der Waals surface area contributed by atoms with E-state index in [1.807, 2.05) is 17.5 Å². The molecule has 0 bridgehead atoms. The number of rotatable bonds is 10. The second kappa shape index (κ2) is 10.2. The van der Waals surface area contributed by atoms with E-state index in [0.29, 0.717) is 19.4 Å². The Balaban J connectivity index is 1.59. The van der Waals surface area contributed by atoms with E-state index in [9.17, 15) is 18.0 Å². The molecule has 7 nitrogen and oxygen atoms in total. The minimum Gasteiger partial charge on any atom is -0.456 e. The number of primary sulfonamides is 1. The summed E-state index contributed by atoms with van der Waals surface area (Å²) in [5, 5.41) is 9.68. The number of ether oxygens (including phenoxy) is 1. The van der Waals surface area contributed by atoms with Crippen LogP contribution in [-0.2, 0) is 37.2 Å². The number of sulfonamides is 1. The van der Waals surface area contributed by atoms with Crippen molar-refractivity contribution < 1.29 is 22.7 Å². The maximum Gasteiger partial charge on any atom is 0.306 e. The first-order valence-corrected chi connectivity index (χ1v) is 10.8. The number of benzene rings is 1. The molecule has 3 N–H and O–H groups in total. The van der Waals surface area contributed by atoms with Gasteiger partial charge in [-0.25, -0.2) is 13.6 Å². The number of esters is 1. The molecule has 1 aromatic carbocycles. The summed E-state index contributed by atoms with van der Waals surface area (Å²) < 4.78 is 27.3. The van der Waals surface area contributed by atoms with Gasteiger partial charge in [-0.3, -0.25) is 9.59 Å². The Morgan fingerprint density at radius 1 is 1.11 bits per heavy atom. The van der Waals surface area contributed by atoms with E-state index in [2.05, 4.69) is 5.32 Å². The summed E-state index contributed by atoms with van der Waals surface area (Å²) in [6.07, 6.45) is 2.31. The molecular formula is C18H22N2O5S2. The van der Waals surface area contributed by atoms with E-state index < -0.39 is 10.0 Å². The fourth-order valence-electron chi connectivity index (χ4n) is 2.32. The molecule has 2 aromatic rings. The topological polar surface area (TPSA) is 116 Å². The molecular weight excluding hydrogens is 388 g/mol. The number of nitrogens with one attached hydrogen (secondary N) is 1. The lowest BCUT2D eigenvalue weighted by molar-refractivity contribution is -0.148. The molecule has 9 heteroatoms. The third-order valence-electron chi connectivity index (χ3n) is 3.74. The van der Waals surface area contributed by atoms with Crippen LogP contribution in [0.3, 0.4) is 0 Å². The molecule has 0 radical (unpaired) electrons. The van der Waals surface area contributed by atoms with Crippen LogP contribution in [0.15, 0.2) is 46.7 Å². The van der Waals surface area contributed by atoms with E-state index in [4.69, 9.17) is 9.88 Å². The highest BCUT2D eigenvalue weighted by Gasteiger charge is 2.09. The van der Waals surface area contributed by atoms with Crippen LogP contribution >= 0.6 is 11.3 Å². The fraction of sp³-hybridized carbons (Fsp3) is 0.333. The molecule has 0 unspecified atom stereocenters. The Bertz CT molecular complexity index is 846. The first-order chi connectivity index (χ1) is 12.8. The molecule has 1 heterocycles. The van der Waals surface area contributed by atoms with Crippen molar-refractivity contribution in [2.24, 2.45) is 5.14 Å². The fourth-order valence-corrected chi connectivity index (χ4v) is 3.59. The van der Waals surface area contributed by atoms with Crippen LogP contribution in [-0.4, -0.2) is 33.4 Å².